The summed E-state index contributed by atoms with van der Waals surface area (Å²) >= 11 is 6.82. The quantitative estimate of drug-likeness (QED) is 0.943. The molecule has 0 spiro atoms. The summed E-state index contributed by atoms with van der Waals surface area (Å²) in [6, 6.07) is 2.03. The zero-order valence-electron chi connectivity index (χ0n) is 8.16. The third-order valence-corrected chi connectivity index (χ3v) is 4.72. The number of thiophene rings is 1. The lowest BCUT2D eigenvalue weighted by atomic mass is 10.5. The van der Waals surface area contributed by atoms with Crippen molar-refractivity contribution >= 4 is 38.6 Å². The number of hydrogen-bond donors (Lipinski definition) is 1. The molecule has 0 aliphatic carbocycles. The van der Waals surface area contributed by atoms with Crippen LogP contribution in [-0.2, 0) is 6.54 Å². The van der Waals surface area contributed by atoms with Crippen LogP contribution in [0.5, 0.6) is 0 Å². The molecule has 6 heteroatoms. The van der Waals surface area contributed by atoms with E-state index in [0.29, 0.717) is 0 Å². The van der Waals surface area contributed by atoms with E-state index in [9.17, 15) is 0 Å². The average molecular weight is 304 g/mol. The fraction of sp³-hybridized carbons (Fsp3) is 0.333. The highest BCUT2D eigenvalue weighted by Gasteiger charge is 2.10. The number of aromatic nitrogens is 2. The van der Waals surface area contributed by atoms with Crippen LogP contribution >= 0.6 is 38.6 Å². The van der Waals surface area contributed by atoms with Crippen LogP contribution in [0, 0.1) is 0 Å². The normalized spacial score (nSPS) is 10.8. The maximum atomic E-state index is 4.18. The first-order valence-electron chi connectivity index (χ1n) is 4.57. The van der Waals surface area contributed by atoms with Crippen molar-refractivity contribution in [1.82, 2.24) is 15.5 Å². The van der Waals surface area contributed by atoms with Gasteiger partial charge in [0.05, 0.1) is 4.88 Å². The average Bonchev–Trinajstić information content (AvgIpc) is 2.83. The highest BCUT2D eigenvalue weighted by Crippen LogP contribution is 2.34. The minimum absolute atomic E-state index is 0.803. The van der Waals surface area contributed by atoms with E-state index in [1.807, 2.05) is 11.4 Å². The van der Waals surface area contributed by atoms with E-state index >= 15 is 0 Å². The van der Waals surface area contributed by atoms with Gasteiger partial charge in [0.1, 0.15) is 5.01 Å². The van der Waals surface area contributed by atoms with Crippen molar-refractivity contribution < 1.29 is 0 Å². The van der Waals surface area contributed by atoms with Crippen LogP contribution in [0.25, 0.3) is 9.88 Å². The Labute approximate surface area is 105 Å². The molecule has 15 heavy (non-hydrogen) atoms. The minimum atomic E-state index is 0.803. The van der Waals surface area contributed by atoms with Gasteiger partial charge in [-0.3, -0.25) is 0 Å². The summed E-state index contributed by atoms with van der Waals surface area (Å²) in [5.74, 6) is 0. The molecule has 80 valence electrons. The molecule has 0 radical (unpaired) electrons. The maximum absolute atomic E-state index is 4.18. The molecular weight excluding hydrogens is 294 g/mol. The molecular formula is C9H10BrN3S2. The molecule has 0 aliphatic rings. The number of halogens is 1. The van der Waals surface area contributed by atoms with Crippen LogP contribution < -0.4 is 5.32 Å². The van der Waals surface area contributed by atoms with Crippen LogP contribution in [0.2, 0.25) is 0 Å². The van der Waals surface area contributed by atoms with Crippen molar-refractivity contribution in [3.8, 4) is 9.88 Å². The fourth-order valence-corrected chi connectivity index (χ4v) is 3.70. The number of hydrogen-bond acceptors (Lipinski definition) is 5. The fourth-order valence-electron chi connectivity index (χ4n) is 1.10. The molecule has 0 amide bonds. The lowest BCUT2D eigenvalue weighted by Gasteiger charge is -1.93. The molecule has 0 saturated carbocycles. The van der Waals surface area contributed by atoms with Crippen LogP contribution in [0.1, 0.15) is 11.9 Å². The highest BCUT2D eigenvalue weighted by atomic mass is 79.9. The van der Waals surface area contributed by atoms with E-state index < -0.39 is 0 Å². The third kappa shape index (κ3) is 2.63. The van der Waals surface area contributed by atoms with E-state index in [1.54, 1.807) is 22.7 Å². The summed E-state index contributed by atoms with van der Waals surface area (Å²) in [6.07, 6.45) is 0. The van der Waals surface area contributed by atoms with Gasteiger partial charge >= 0.3 is 0 Å². The van der Waals surface area contributed by atoms with Gasteiger partial charge in [0.25, 0.3) is 0 Å². The predicted molar refractivity (Wildman–Crippen MR) is 68.3 cm³/mol. The smallest absolute Gasteiger partial charge is 0.159 e. The largest absolute Gasteiger partial charge is 0.311 e. The Morgan fingerprint density at radius 2 is 2.33 bits per heavy atom. The van der Waals surface area contributed by atoms with Crippen molar-refractivity contribution in [2.45, 2.75) is 13.5 Å². The first kappa shape index (κ1) is 11.2. The molecule has 0 bridgehead atoms. The van der Waals surface area contributed by atoms with Gasteiger partial charge in [0, 0.05) is 11.0 Å². The van der Waals surface area contributed by atoms with E-state index in [-0.39, 0.29) is 0 Å². The van der Waals surface area contributed by atoms with Crippen molar-refractivity contribution in [2.75, 3.05) is 6.54 Å². The monoisotopic (exact) mass is 303 g/mol. The standard InChI is InChI=1S/C9H10BrN3S2/c1-2-11-5-7-12-13-9(15-7)8-6(10)3-4-14-8/h3-4,11H,2,5H2,1H3. The van der Waals surface area contributed by atoms with E-state index in [0.717, 1.165) is 32.5 Å². The summed E-state index contributed by atoms with van der Waals surface area (Å²) in [5, 5.41) is 15.6. The maximum Gasteiger partial charge on any atom is 0.159 e. The summed E-state index contributed by atoms with van der Waals surface area (Å²) in [5.41, 5.74) is 0. The Bertz CT molecular complexity index is 438. The Morgan fingerprint density at radius 1 is 1.47 bits per heavy atom. The second-order valence-corrected chi connectivity index (χ2v) is 5.71. The molecule has 1 N–H and O–H groups in total. The summed E-state index contributed by atoms with van der Waals surface area (Å²) < 4.78 is 1.10. The van der Waals surface area contributed by atoms with Gasteiger partial charge in [-0.25, -0.2) is 0 Å². The molecule has 2 aromatic rings. The molecule has 0 atom stereocenters. The van der Waals surface area contributed by atoms with Gasteiger partial charge in [-0.15, -0.1) is 21.5 Å². The van der Waals surface area contributed by atoms with Crippen LogP contribution in [0.4, 0.5) is 0 Å². The number of rotatable bonds is 4. The van der Waals surface area contributed by atoms with Crippen molar-refractivity contribution in [3.05, 3.63) is 20.9 Å². The van der Waals surface area contributed by atoms with E-state index in [2.05, 4.69) is 38.4 Å². The van der Waals surface area contributed by atoms with Gasteiger partial charge in [-0.05, 0) is 33.9 Å². The van der Waals surface area contributed by atoms with Gasteiger partial charge in [-0.1, -0.05) is 18.3 Å². The Kier molecular flexibility index (Phi) is 3.85. The van der Waals surface area contributed by atoms with E-state index in [4.69, 9.17) is 0 Å². The molecule has 0 saturated heterocycles. The zero-order valence-corrected chi connectivity index (χ0v) is 11.4. The second-order valence-electron chi connectivity index (χ2n) is 2.88. The van der Waals surface area contributed by atoms with Crippen molar-refractivity contribution in [2.24, 2.45) is 0 Å². The molecule has 2 rings (SSSR count). The number of nitrogens with zero attached hydrogens (tertiary/aromatic N) is 2. The predicted octanol–water partition coefficient (Wildman–Crippen LogP) is 3.14. The first-order valence-corrected chi connectivity index (χ1v) is 7.06. The van der Waals surface area contributed by atoms with Gasteiger partial charge < -0.3 is 5.32 Å². The Hall–Kier alpha value is -0.300. The first-order chi connectivity index (χ1) is 7.31. The lowest BCUT2D eigenvalue weighted by molar-refractivity contribution is 0.715. The summed E-state index contributed by atoms with van der Waals surface area (Å²) in [6.45, 7) is 3.84. The molecule has 2 heterocycles. The molecule has 3 nitrogen and oxygen atoms in total. The topological polar surface area (TPSA) is 37.8 Å². The Balaban J connectivity index is 2.17. The number of nitrogens with one attached hydrogen (secondary N) is 1. The van der Waals surface area contributed by atoms with Crippen LogP contribution in [0.15, 0.2) is 15.9 Å². The summed E-state index contributed by atoms with van der Waals surface area (Å²) in [7, 11) is 0. The van der Waals surface area contributed by atoms with Gasteiger partial charge in [-0.2, -0.15) is 0 Å². The van der Waals surface area contributed by atoms with Crippen LogP contribution in [-0.4, -0.2) is 16.7 Å². The van der Waals surface area contributed by atoms with Crippen LogP contribution in [0.3, 0.4) is 0 Å². The minimum Gasteiger partial charge on any atom is -0.311 e. The Morgan fingerprint density at radius 3 is 3.00 bits per heavy atom. The SMILES string of the molecule is CCNCc1nnc(-c2sccc2Br)s1. The second kappa shape index (κ2) is 5.16. The summed E-state index contributed by atoms with van der Waals surface area (Å²) in [4.78, 5) is 1.16. The molecule has 0 aromatic carbocycles. The van der Waals surface area contributed by atoms with Crippen molar-refractivity contribution in [1.29, 1.82) is 0 Å². The third-order valence-electron chi connectivity index (χ3n) is 1.80. The lowest BCUT2D eigenvalue weighted by Crippen LogP contribution is -2.11. The highest BCUT2D eigenvalue weighted by molar-refractivity contribution is 9.10. The van der Waals surface area contributed by atoms with Gasteiger partial charge in [0.2, 0.25) is 0 Å². The molecule has 2 aromatic heterocycles. The van der Waals surface area contributed by atoms with Crippen molar-refractivity contribution in [3.63, 3.8) is 0 Å². The van der Waals surface area contributed by atoms with Gasteiger partial charge in [0.15, 0.2) is 5.01 Å². The molecule has 0 fully saturated rings. The van der Waals surface area contributed by atoms with E-state index in [1.165, 1.54) is 0 Å². The molecule has 0 unspecified atom stereocenters. The zero-order chi connectivity index (χ0) is 10.7. The molecule has 0 aliphatic heterocycles.